The van der Waals surface area contributed by atoms with Crippen molar-refractivity contribution in [2.24, 2.45) is 0 Å². The Hall–Kier alpha value is -1.16. The zero-order chi connectivity index (χ0) is 13.9. The van der Waals surface area contributed by atoms with Crippen molar-refractivity contribution in [2.75, 3.05) is 6.54 Å². The van der Waals surface area contributed by atoms with Crippen molar-refractivity contribution >= 4 is 11.3 Å². The molecule has 106 valence electrons. The average molecular weight is 286 g/mol. The van der Waals surface area contributed by atoms with E-state index in [-0.39, 0.29) is 0 Å². The molecule has 2 N–H and O–H groups in total. The number of aryl methyl sites for hydroxylation is 1. The molecule has 2 heterocycles. The smallest absolute Gasteiger partial charge is 0.0391 e. The maximum absolute atomic E-state index is 3.82. The molecule has 1 aromatic heterocycles. The van der Waals surface area contributed by atoms with E-state index in [1.54, 1.807) is 0 Å². The lowest BCUT2D eigenvalue weighted by Crippen LogP contribution is -2.25. The normalized spacial score (nSPS) is 20.2. The maximum atomic E-state index is 3.82. The van der Waals surface area contributed by atoms with Gasteiger partial charge >= 0.3 is 0 Å². The van der Waals surface area contributed by atoms with Crippen LogP contribution in [0, 0.1) is 6.92 Å². The topological polar surface area (TPSA) is 24.1 Å². The first-order chi connectivity index (χ1) is 9.74. The number of thiophene rings is 1. The molecule has 2 unspecified atom stereocenters. The first-order valence-corrected chi connectivity index (χ1v) is 8.16. The SMILES string of the molecule is Cc1ccc(C(C)NC2CCNCc3ccccc32)s1. The van der Waals surface area contributed by atoms with Crippen LogP contribution >= 0.6 is 11.3 Å². The van der Waals surface area contributed by atoms with Gasteiger partial charge < -0.3 is 10.6 Å². The van der Waals surface area contributed by atoms with Crippen molar-refractivity contribution < 1.29 is 0 Å². The van der Waals surface area contributed by atoms with E-state index in [9.17, 15) is 0 Å². The predicted octanol–water partition coefficient (Wildman–Crippen LogP) is 3.94. The number of fused-ring (bicyclic) bond motifs is 1. The summed E-state index contributed by atoms with van der Waals surface area (Å²) in [6.07, 6.45) is 1.14. The maximum Gasteiger partial charge on any atom is 0.0391 e. The number of benzene rings is 1. The van der Waals surface area contributed by atoms with E-state index in [0.29, 0.717) is 12.1 Å². The van der Waals surface area contributed by atoms with Crippen molar-refractivity contribution in [3.8, 4) is 0 Å². The number of rotatable bonds is 3. The summed E-state index contributed by atoms with van der Waals surface area (Å²) in [5, 5.41) is 7.33. The summed E-state index contributed by atoms with van der Waals surface area (Å²) >= 11 is 1.89. The van der Waals surface area contributed by atoms with Crippen LogP contribution in [0.2, 0.25) is 0 Å². The van der Waals surface area contributed by atoms with Crippen molar-refractivity contribution in [2.45, 2.75) is 38.9 Å². The second-order valence-corrected chi connectivity index (χ2v) is 6.87. The minimum absolute atomic E-state index is 0.407. The molecule has 0 bridgehead atoms. The first-order valence-electron chi connectivity index (χ1n) is 7.35. The second kappa shape index (κ2) is 6.08. The molecule has 1 aromatic carbocycles. The summed E-state index contributed by atoms with van der Waals surface area (Å²) in [7, 11) is 0. The molecule has 2 atom stereocenters. The number of hydrogen-bond donors (Lipinski definition) is 2. The van der Waals surface area contributed by atoms with Crippen LogP contribution in [0.3, 0.4) is 0 Å². The fourth-order valence-corrected chi connectivity index (χ4v) is 3.79. The highest BCUT2D eigenvalue weighted by Crippen LogP contribution is 2.29. The molecule has 0 radical (unpaired) electrons. The van der Waals surface area contributed by atoms with E-state index < -0.39 is 0 Å². The Morgan fingerprint density at radius 3 is 2.90 bits per heavy atom. The number of hydrogen-bond acceptors (Lipinski definition) is 3. The highest BCUT2D eigenvalue weighted by Gasteiger charge is 2.20. The highest BCUT2D eigenvalue weighted by molar-refractivity contribution is 7.12. The van der Waals surface area contributed by atoms with Crippen LogP contribution in [0.15, 0.2) is 36.4 Å². The molecule has 3 heteroatoms. The number of nitrogens with one attached hydrogen (secondary N) is 2. The Morgan fingerprint density at radius 1 is 1.25 bits per heavy atom. The van der Waals surface area contributed by atoms with Gasteiger partial charge in [0.05, 0.1) is 0 Å². The Morgan fingerprint density at radius 2 is 2.10 bits per heavy atom. The van der Waals surface area contributed by atoms with Gasteiger partial charge in [0, 0.05) is 28.4 Å². The van der Waals surface area contributed by atoms with Gasteiger partial charge in [0.15, 0.2) is 0 Å². The highest BCUT2D eigenvalue weighted by atomic mass is 32.1. The summed E-state index contributed by atoms with van der Waals surface area (Å²) < 4.78 is 0. The largest absolute Gasteiger partial charge is 0.313 e. The predicted molar refractivity (Wildman–Crippen MR) is 86.1 cm³/mol. The van der Waals surface area contributed by atoms with Gasteiger partial charge in [0.1, 0.15) is 0 Å². The van der Waals surface area contributed by atoms with Crippen LogP contribution in [0.25, 0.3) is 0 Å². The fourth-order valence-electron chi connectivity index (χ4n) is 2.90. The van der Waals surface area contributed by atoms with Gasteiger partial charge in [-0.2, -0.15) is 0 Å². The molecule has 20 heavy (non-hydrogen) atoms. The monoisotopic (exact) mass is 286 g/mol. The molecule has 2 nitrogen and oxygen atoms in total. The summed E-state index contributed by atoms with van der Waals surface area (Å²) in [5.74, 6) is 0. The third kappa shape index (κ3) is 2.95. The van der Waals surface area contributed by atoms with Crippen molar-refractivity contribution in [1.82, 2.24) is 10.6 Å². The van der Waals surface area contributed by atoms with Crippen molar-refractivity contribution in [1.29, 1.82) is 0 Å². The van der Waals surface area contributed by atoms with Crippen molar-refractivity contribution in [3.05, 3.63) is 57.3 Å². The van der Waals surface area contributed by atoms with Crippen LogP contribution in [-0.4, -0.2) is 6.54 Å². The van der Waals surface area contributed by atoms with E-state index in [0.717, 1.165) is 19.5 Å². The lowest BCUT2D eigenvalue weighted by Gasteiger charge is -2.23. The Bertz CT molecular complexity index is 576. The van der Waals surface area contributed by atoms with E-state index in [1.165, 1.54) is 20.9 Å². The molecule has 0 fully saturated rings. The van der Waals surface area contributed by atoms with Crippen LogP contribution in [-0.2, 0) is 6.54 Å². The van der Waals surface area contributed by atoms with E-state index >= 15 is 0 Å². The molecule has 0 saturated heterocycles. The van der Waals surface area contributed by atoms with E-state index in [2.05, 4.69) is 60.9 Å². The third-order valence-electron chi connectivity index (χ3n) is 3.99. The van der Waals surface area contributed by atoms with E-state index in [1.807, 2.05) is 11.3 Å². The minimum Gasteiger partial charge on any atom is -0.313 e. The molecular weight excluding hydrogens is 264 g/mol. The molecule has 0 amide bonds. The van der Waals surface area contributed by atoms with Gasteiger partial charge in [-0.1, -0.05) is 24.3 Å². The van der Waals surface area contributed by atoms with Gasteiger partial charge in [0.2, 0.25) is 0 Å². The standard InChI is InChI=1S/C17H22N2S/c1-12-7-8-17(20-12)13(2)19-16-9-10-18-11-14-5-3-4-6-15(14)16/h3-8,13,16,18-19H,9-11H2,1-2H3. The van der Waals surface area contributed by atoms with Crippen LogP contribution in [0.1, 0.15) is 46.3 Å². The summed E-state index contributed by atoms with van der Waals surface area (Å²) in [6.45, 7) is 6.50. The molecule has 2 aromatic rings. The average Bonchev–Trinajstić information content (AvgIpc) is 2.79. The molecule has 0 aliphatic carbocycles. The fraction of sp³-hybridized carbons (Fsp3) is 0.412. The molecule has 1 aliphatic rings. The molecule has 3 rings (SSSR count). The summed E-state index contributed by atoms with van der Waals surface area (Å²) in [6, 6.07) is 14.1. The lowest BCUT2D eigenvalue weighted by atomic mass is 9.98. The summed E-state index contributed by atoms with van der Waals surface area (Å²) in [5.41, 5.74) is 2.88. The molecule has 1 aliphatic heterocycles. The third-order valence-corrected chi connectivity index (χ3v) is 5.18. The molecule has 0 spiro atoms. The molecular formula is C17H22N2S. The Balaban J connectivity index is 1.80. The lowest BCUT2D eigenvalue weighted by molar-refractivity contribution is 0.447. The van der Waals surface area contributed by atoms with E-state index in [4.69, 9.17) is 0 Å². The van der Waals surface area contributed by atoms with Crippen LogP contribution in [0.5, 0.6) is 0 Å². The Kier molecular flexibility index (Phi) is 4.20. The van der Waals surface area contributed by atoms with Crippen molar-refractivity contribution in [3.63, 3.8) is 0 Å². The summed E-state index contributed by atoms with van der Waals surface area (Å²) in [4.78, 5) is 2.81. The minimum atomic E-state index is 0.407. The van der Waals surface area contributed by atoms with Gasteiger partial charge in [-0.05, 0) is 50.1 Å². The second-order valence-electron chi connectivity index (χ2n) is 5.55. The zero-order valence-corrected chi connectivity index (χ0v) is 13.0. The van der Waals surface area contributed by atoms with Crippen LogP contribution < -0.4 is 10.6 Å². The van der Waals surface area contributed by atoms with Gasteiger partial charge in [-0.25, -0.2) is 0 Å². The quantitative estimate of drug-likeness (QED) is 0.893. The van der Waals surface area contributed by atoms with Gasteiger partial charge in [-0.15, -0.1) is 11.3 Å². The van der Waals surface area contributed by atoms with Crippen LogP contribution in [0.4, 0.5) is 0 Å². The Labute approximate surface area is 125 Å². The molecule has 0 saturated carbocycles. The van der Waals surface area contributed by atoms with Gasteiger partial charge in [0.25, 0.3) is 0 Å². The first kappa shape index (κ1) is 13.8. The zero-order valence-electron chi connectivity index (χ0n) is 12.1. The van der Waals surface area contributed by atoms with Gasteiger partial charge in [-0.3, -0.25) is 0 Å².